The zero-order chi connectivity index (χ0) is 26.9. The Balaban J connectivity index is 1.19. The van der Waals surface area contributed by atoms with Gasteiger partial charge in [0, 0.05) is 60.9 Å². The molecule has 1 amide bonds. The summed E-state index contributed by atoms with van der Waals surface area (Å²) in [7, 11) is -3.77. The van der Waals surface area contributed by atoms with Crippen LogP contribution in [0.2, 0.25) is 5.02 Å². The van der Waals surface area contributed by atoms with Gasteiger partial charge in [0.25, 0.3) is 10.0 Å². The lowest BCUT2D eigenvalue weighted by Crippen LogP contribution is -2.55. The Morgan fingerprint density at radius 3 is 2.45 bits per heavy atom. The number of sulfonamides is 1. The van der Waals surface area contributed by atoms with E-state index >= 15 is 0 Å². The quantitative estimate of drug-likeness (QED) is 0.495. The van der Waals surface area contributed by atoms with Gasteiger partial charge >= 0.3 is 0 Å². The van der Waals surface area contributed by atoms with Gasteiger partial charge in [0.1, 0.15) is 18.2 Å². The van der Waals surface area contributed by atoms with E-state index < -0.39 is 10.0 Å². The second-order valence-electron chi connectivity index (χ2n) is 9.70. The van der Waals surface area contributed by atoms with E-state index in [-0.39, 0.29) is 22.7 Å². The Morgan fingerprint density at radius 1 is 1.00 bits per heavy atom. The summed E-state index contributed by atoms with van der Waals surface area (Å²) in [5.74, 6) is 0.355. The van der Waals surface area contributed by atoms with E-state index in [1.807, 2.05) is 30.0 Å². The first-order valence-electron chi connectivity index (χ1n) is 12.7. The lowest BCUT2D eigenvalue weighted by molar-refractivity contribution is -0.132. The Morgan fingerprint density at radius 2 is 1.74 bits per heavy atom. The molecule has 0 bridgehead atoms. The van der Waals surface area contributed by atoms with Gasteiger partial charge in [-0.1, -0.05) is 11.6 Å². The van der Waals surface area contributed by atoms with E-state index in [0.29, 0.717) is 31.9 Å². The van der Waals surface area contributed by atoms with Crippen LogP contribution in [0.4, 0.5) is 17.2 Å². The van der Waals surface area contributed by atoms with Crippen LogP contribution < -0.4 is 14.5 Å². The lowest BCUT2D eigenvalue weighted by atomic mass is 10.00. The predicted octanol–water partition coefficient (Wildman–Crippen LogP) is 3.73. The number of aromatic nitrogens is 2. The number of carbonyl (C=O) groups is 1. The molecule has 2 aliphatic rings. The molecule has 2 aromatic carbocycles. The summed E-state index contributed by atoms with van der Waals surface area (Å²) in [6, 6.07) is 14.0. The molecular formula is C27H31ClN6O3S. The minimum absolute atomic E-state index is 0.125. The number of benzene rings is 2. The first-order chi connectivity index (χ1) is 18.2. The molecule has 200 valence electrons. The molecule has 1 saturated heterocycles. The number of rotatable bonds is 6. The molecule has 0 unspecified atom stereocenters. The minimum Gasteiger partial charge on any atom is -0.368 e. The van der Waals surface area contributed by atoms with Crippen molar-refractivity contribution in [3.05, 3.63) is 71.1 Å². The summed E-state index contributed by atoms with van der Waals surface area (Å²) in [6.45, 7) is 7.17. The van der Waals surface area contributed by atoms with Gasteiger partial charge in [0.05, 0.1) is 4.90 Å². The molecule has 0 spiro atoms. The van der Waals surface area contributed by atoms with Crippen molar-refractivity contribution in [3.63, 3.8) is 0 Å². The van der Waals surface area contributed by atoms with Gasteiger partial charge in [-0.15, -0.1) is 0 Å². The molecule has 1 aromatic heterocycles. The van der Waals surface area contributed by atoms with E-state index in [9.17, 15) is 13.2 Å². The fourth-order valence-corrected chi connectivity index (χ4v) is 6.32. The maximum absolute atomic E-state index is 13.4. The number of piperazine rings is 1. The molecule has 0 aliphatic carbocycles. The van der Waals surface area contributed by atoms with Crippen molar-refractivity contribution >= 4 is 44.7 Å². The summed E-state index contributed by atoms with van der Waals surface area (Å²) in [4.78, 5) is 27.8. The topological polar surface area (TPSA) is 98.7 Å². The molecule has 38 heavy (non-hydrogen) atoms. The fourth-order valence-electron chi connectivity index (χ4n) is 5.12. The molecule has 5 rings (SSSR count). The van der Waals surface area contributed by atoms with Crippen LogP contribution in [0, 0.1) is 6.92 Å². The first-order valence-corrected chi connectivity index (χ1v) is 14.6. The molecule has 9 nitrogen and oxygen atoms in total. The SMILES string of the molecule is Cc1cc(NS(=O)(=O)c2ccc(N3CCN(C(=O)[C@@H](C)N4CCCc5cc(Cl)ccc54)CC3)cc2)ncn1. The molecule has 11 heteroatoms. The number of aryl methyl sites for hydroxylation is 2. The third-order valence-electron chi connectivity index (χ3n) is 7.17. The summed E-state index contributed by atoms with van der Waals surface area (Å²) in [6.07, 6.45) is 3.30. The second kappa shape index (κ2) is 10.8. The van der Waals surface area contributed by atoms with Crippen LogP contribution in [0.1, 0.15) is 24.6 Å². The van der Waals surface area contributed by atoms with Gasteiger partial charge in [0.2, 0.25) is 5.91 Å². The van der Waals surface area contributed by atoms with Crippen LogP contribution in [0.3, 0.4) is 0 Å². The van der Waals surface area contributed by atoms with Crippen molar-refractivity contribution in [1.82, 2.24) is 14.9 Å². The molecule has 0 saturated carbocycles. The van der Waals surface area contributed by atoms with E-state index in [4.69, 9.17) is 11.6 Å². The maximum atomic E-state index is 13.4. The standard InChI is InChI=1S/C27H31ClN6O3S/c1-19-16-26(30-18-29-19)31-38(36,37)24-8-6-23(7-9-24)32-12-14-33(15-13-32)27(35)20(2)34-11-3-4-21-17-22(28)5-10-25(21)34/h5-10,16-18,20H,3-4,11-15H2,1-2H3,(H,29,30,31)/t20-/m1/s1. The normalized spacial score (nSPS) is 16.7. The largest absolute Gasteiger partial charge is 0.368 e. The van der Waals surface area contributed by atoms with Crippen molar-refractivity contribution in [2.45, 2.75) is 37.6 Å². The Labute approximate surface area is 228 Å². The average molecular weight is 555 g/mol. The number of hydrogen-bond acceptors (Lipinski definition) is 7. The monoisotopic (exact) mass is 554 g/mol. The van der Waals surface area contributed by atoms with Gasteiger partial charge in [-0.3, -0.25) is 9.52 Å². The highest BCUT2D eigenvalue weighted by Crippen LogP contribution is 2.31. The fraction of sp³-hybridized carbons (Fsp3) is 0.370. The number of amides is 1. The van der Waals surface area contributed by atoms with Crippen LogP contribution >= 0.6 is 11.6 Å². The third kappa shape index (κ3) is 5.56. The lowest BCUT2D eigenvalue weighted by Gasteiger charge is -2.41. The summed E-state index contributed by atoms with van der Waals surface area (Å²) in [5.41, 5.74) is 3.88. The molecule has 2 aliphatic heterocycles. The zero-order valence-corrected chi connectivity index (χ0v) is 23.0. The van der Waals surface area contributed by atoms with E-state index in [1.165, 1.54) is 11.9 Å². The number of halogens is 1. The van der Waals surface area contributed by atoms with Crippen molar-refractivity contribution in [3.8, 4) is 0 Å². The smallest absolute Gasteiger partial charge is 0.263 e. The molecule has 1 N–H and O–H groups in total. The Bertz CT molecular complexity index is 1420. The maximum Gasteiger partial charge on any atom is 0.263 e. The molecule has 1 fully saturated rings. The average Bonchev–Trinajstić information content (AvgIpc) is 2.91. The molecular weight excluding hydrogens is 524 g/mol. The number of nitrogens with zero attached hydrogens (tertiary/aromatic N) is 5. The summed E-state index contributed by atoms with van der Waals surface area (Å²) in [5, 5.41) is 0.725. The number of anilines is 3. The highest BCUT2D eigenvalue weighted by atomic mass is 35.5. The van der Waals surface area contributed by atoms with Crippen LogP contribution in [-0.4, -0.2) is 68.0 Å². The highest BCUT2D eigenvalue weighted by molar-refractivity contribution is 7.92. The van der Waals surface area contributed by atoms with Crippen LogP contribution in [0.5, 0.6) is 0 Å². The van der Waals surface area contributed by atoms with Crippen LogP contribution in [0.15, 0.2) is 59.8 Å². The van der Waals surface area contributed by atoms with E-state index in [0.717, 1.165) is 35.8 Å². The minimum atomic E-state index is -3.77. The molecule has 0 radical (unpaired) electrons. The van der Waals surface area contributed by atoms with Gasteiger partial charge in [-0.2, -0.15) is 0 Å². The summed E-state index contributed by atoms with van der Waals surface area (Å²) >= 11 is 6.19. The predicted molar refractivity (Wildman–Crippen MR) is 149 cm³/mol. The van der Waals surface area contributed by atoms with E-state index in [2.05, 4.69) is 24.5 Å². The Hall–Kier alpha value is -3.37. The van der Waals surface area contributed by atoms with Crippen molar-refractivity contribution in [2.24, 2.45) is 0 Å². The van der Waals surface area contributed by atoms with Crippen molar-refractivity contribution < 1.29 is 13.2 Å². The number of nitrogens with one attached hydrogen (secondary N) is 1. The number of hydrogen-bond donors (Lipinski definition) is 1. The molecule has 3 heterocycles. The van der Waals surface area contributed by atoms with Gasteiger partial charge in [0.15, 0.2) is 0 Å². The van der Waals surface area contributed by atoms with Crippen molar-refractivity contribution in [1.29, 1.82) is 0 Å². The Kier molecular flexibility index (Phi) is 7.45. The summed E-state index contributed by atoms with van der Waals surface area (Å²) < 4.78 is 28.0. The molecule has 3 aromatic rings. The zero-order valence-electron chi connectivity index (χ0n) is 21.5. The van der Waals surface area contributed by atoms with Gasteiger partial charge in [-0.05, 0) is 74.7 Å². The molecule has 1 atom stereocenters. The van der Waals surface area contributed by atoms with Crippen LogP contribution in [-0.2, 0) is 21.2 Å². The van der Waals surface area contributed by atoms with Crippen molar-refractivity contribution in [2.75, 3.05) is 47.2 Å². The second-order valence-corrected chi connectivity index (χ2v) is 11.8. The van der Waals surface area contributed by atoms with Gasteiger partial charge < -0.3 is 14.7 Å². The number of fused-ring (bicyclic) bond motifs is 1. The first kappa shape index (κ1) is 26.2. The van der Waals surface area contributed by atoms with Crippen LogP contribution in [0.25, 0.3) is 0 Å². The van der Waals surface area contributed by atoms with Gasteiger partial charge in [-0.25, -0.2) is 18.4 Å². The number of carbonyl (C=O) groups excluding carboxylic acids is 1. The van der Waals surface area contributed by atoms with E-state index in [1.54, 1.807) is 37.3 Å². The third-order valence-corrected chi connectivity index (χ3v) is 8.77. The highest BCUT2D eigenvalue weighted by Gasteiger charge is 2.31.